The van der Waals surface area contributed by atoms with Crippen LogP contribution in [0.2, 0.25) is 0 Å². The van der Waals surface area contributed by atoms with Crippen molar-refractivity contribution in [3.05, 3.63) is 65.1 Å². The number of hydrogen-bond donors (Lipinski definition) is 1. The van der Waals surface area contributed by atoms with Gasteiger partial charge in [-0.1, -0.05) is 56.1 Å². The summed E-state index contributed by atoms with van der Waals surface area (Å²) < 4.78 is 5.38. The maximum absolute atomic E-state index is 12.9. The van der Waals surface area contributed by atoms with E-state index in [9.17, 15) is 4.79 Å². The number of nitrogens with one attached hydrogen (secondary N) is 1. The molecule has 2 aromatic rings. The average molecular weight is 409 g/mol. The maximum Gasteiger partial charge on any atom is 0.276 e. The lowest BCUT2D eigenvalue weighted by molar-refractivity contribution is -0.116. The Morgan fingerprint density at radius 3 is 2.93 bits per heavy atom. The number of carbonyl (C=O) groups excluding carboxylic acids is 1. The van der Waals surface area contributed by atoms with Gasteiger partial charge in [0.2, 0.25) is 0 Å². The Labute approximate surface area is 174 Å². The number of thioether (sulfide) groups is 1. The lowest BCUT2D eigenvalue weighted by Crippen LogP contribution is -2.52. The molecule has 1 amide bonds. The summed E-state index contributed by atoms with van der Waals surface area (Å²) in [6.45, 7) is 2.20. The van der Waals surface area contributed by atoms with Gasteiger partial charge in [-0.25, -0.2) is 5.01 Å². The summed E-state index contributed by atoms with van der Waals surface area (Å²) in [5.74, 6) is 1.52. The Morgan fingerprint density at radius 2 is 2.10 bits per heavy atom. The second-order valence-electron chi connectivity index (χ2n) is 6.90. The van der Waals surface area contributed by atoms with E-state index in [1.165, 1.54) is 19.3 Å². The standard InChI is InChI=1S/C22H24N4O2S/c1-2-3-4-7-15-29-22-24-21(27)20-17-10-5-6-11-18(17)23-19(26(20)25-22)13-12-16-9-8-14-28-16/h5-6,8-14,19H,2-4,7,15H2,1H3,(H,24,25,27)/b13-12+/t19-/m0/s1. The minimum atomic E-state index is -0.410. The van der Waals surface area contributed by atoms with Crippen LogP contribution in [-0.4, -0.2) is 28.0 Å². The van der Waals surface area contributed by atoms with Crippen LogP contribution in [-0.2, 0) is 4.79 Å². The van der Waals surface area contributed by atoms with Gasteiger partial charge in [-0.15, -0.1) is 5.10 Å². The van der Waals surface area contributed by atoms with Gasteiger partial charge in [0.25, 0.3) is 5.91 Å². The van der Waals surface area contributed by atoms with Crippen molar-refractivity contribution in [2.24, 2.45) is 10.1 Å². The summed E-state index contributed by atoms with van der Waals surface area (Å²) >= 11 is 1.59. The van der Waals surface area contributed by atoms with Crippen molar-refractivity contribution in [2.45, 2.75) is 38.8 Å². The van der Waals surface area contributed by atoms with Crippen LogP contribution >= 0.6 is 11.8 Å². The van der Waals surface area contributed by atoms with Gasteiger partial charge in [0.15, 0.2) is 11.3 Å². The van der Waals surface area contributed by atoms with E-state index >= 15 is 0 Å². The number of unbranched alkanes of at least 4 members (excludes halogenated alkanes) is 3. The second-order valence-corrected chi connectivity index (χ2v) is 7.98. The fourth-order valence-corrected chi connectivity index (χ4v) is 4.16. The fraction of sp³-hybridized carbons (Fsp3) is 0.318. The molecule has 7 heteroatoms. The molecule has 0 unspecified atom stereocenters. The van der Waals surface area contributed by atoms with Crippen LogP contribution in [0.5, 0.6) is 0 Å². The Hall–Kier alpha value is -2.80. The first-order valence-corrected chi connectivity index (χ1v) is 11.0. The number of hydrazone groups is 1. The van der Waals surface area contributed by atoms with Crippen LogP contribution in [0.25, 0.3) is 11.8 Å². The van der Waals surface area contributed by atoms with E-state index in [1.807, 2.05) is 48.6 Å². The van der Waals surface area contributed by atoms with Gasteiger partial charge in [-0.2, -0.15) is 0 Å². The van der Waals surface area contributed by atoms with E-state index in [2.05, 4.69) is 12.2 Å². The SMILES string of the molecule is CCCCCCSC1=NN2C(=c3ccccc3=N[C@@H]2/C=C/c2ccco2)C(=O)N1. The number of amides is 1. The van der Waals surface area contributed by atoms with Gasteiger partial charge in [0.05, 0.1) is 11.6 Å². The van der Waals surface area contributed by atoms with E-state index < -0.39 is 6.17 Å². The number of para-hydroxylation sites is 1. The quantitative estimate of drug-likeness (QED) is 0.715. The molecule has 0 spiro atoms. The summed E-state index contributed by atoms with van der Waals surface area (Å²) in [6.07, 6.45) is 9.73. The number of amidine groups is 1. The predicted molar refractivity (Wildman–Crippen MR) is 116 cm³/mol. The van der Waals surface area contributed by atoms with Crippen LogP contribution in [0, 0.1) is 0 Å². The predicted octanol–water partition coefficient (Wildman–Crippen LogP) is 3.08. The first-order valence-electron chi connectivity index (χ1n) is 9.97. The molecule has 1 aromatic heterocycles. The highest BCUT2D eigenvalue weighted by atomic mass is 32.2. The zero-order valence-corrected chi connectivity index (χ0v) is 17.2. The molecule has 2 aliphatic heterocycles. The van der Waals surface area contributed by atoms with Gasteiger partial charge < -0.3 is 4.42 Å². The topological polar surface area (TPSA) is 70.2 Å². The van der Waals surface area contributed by atoms with Crippen molar-refractivity contribution < 1.29 is 9.21 Å². The molecule has 0 saturated heterocycles. The van der Waals surface area contributed by atoms with Crippen LogP contribution in [0.15, 0.2) is 63.2 Å². The molecule has 0 aliphatic carbocycles. The number of hydrogen-bond acceptors (Lipinski definition) is 6. The van der Waals surface area contributed by atoms with E-state index in [0.717, 1.165) is 28.5 Å². The molecular weight excluding hydrogens is 384 g/mol. The molecule has 2 aliphatic rings. The highest BCUT2D eigenvalue weighted by Crippen LogP contribution is 2.22. The van der Waals surface area contributed by atoms with Crippen molar-refractivity contribution in [1.82, 2.24) is 10.3 Å². The third-order valence-corrected chi connectivity index (χ3v) is 5.71. The van der Waals surface area contributed by atoms with Gasteiger partial charge >= 0.3 is 0 Å². The number of nitrogens with zero attached hydrogens (tertiary/aromatic N) is 3. The molecule has 1 N–H and O–H groups in total. The van der Waals surface area contributed by atoms with Crippen LogP contribution in [0.1, 0.15) is 38.4 Å². The van der Waals surface area contributed by atoms with E-state index in [1.54, 1.807) is 23.0 Å². The van der Waals surface area contributed by atoms with Crippen molar-refractivity contribution >= 4 is 34.6 Å². The molecule has 6 nitrogen and oxygen atoms in total. The minimum absolute atomic E-state index is 0.144. The maximum atomic E-state index is 12.9. The van der Waals surface area contributed by atoms with E-state index in [0.29, 0.717) is 10.9 Å². The Morgan fingerprint density at radius 1 is 1.21 bits per heavy atom. The lowest BCUT2D eigenvalue weighted by Gasteiger charge is -2.32. The molecule has 29 heavy (non-hydrogen) atoms. The summed E-state index contributed by atoms with van der Waals surface area (Å²) in [4.78, 5) is 17.7. The molecule has 150 valence electrons. The van der Waals surface area contributed by atoms with Gasteiger partial charge in [0.1, 0.15) is 11.5 Å². The number of rotatable bonds is 7. The molecule has 0 radical (unpaired) electrons. The Bertz CT molecular complexity index is 1040. The smallest absolute Gasteiger partial charge is 0.276 e. The van der Waals surface area contributed by atoms with Crippen molar-refractivity contribution in [1.29, 1.82) is 0 Å². The monoisotopic (exact) mass is 408 g/mol. The highest BCUT2D eigenvalue weighted by molar-refractivity contribution is 8.13. The molecular formula is C22H24N4O2S. The van der Waals surface area contributed by atoms with Crippen molar-refractivity contribution in [2.75, 3.05) is 5.75 Å². The van der Waals surface area contributed by atoms with Crippen molar-refractivity contribution in [3.8, 4) is 0 Å². The summed E-state index contributed by atoms with van der Waals surface area (Å²) in [5.41, 5.74) is 0.528. The van der Waals surface area contributed by atoms with Crippen LogP contribution in [0.3, 0.4) is 0 Å². The Balaban J connectivity index is 1.63. The molecule has 4 rings (SSSR count). The molecule has 0 bridgehead atoms. The third-order valence-electron chi connectivity index (χ3n) is 4.76. The number of furan rings is 1. The zero-order chi connectivity index (χ0) is 20.1. The fourth-order valence-electron chi connectivity index (χ4n) is 3.31. The number of carbonyl (C=O) groups is 1. The normalized spacial score (nSPS) is 18.2. The molecule has 0 fully saturated rings. The zero-order valence-electron chi connectivity index (χ0n) is 16.4. The lowest BCUT2D eigenvalue weighted by atomic mass is 10.1. The van der Waals surface area contributed by atoms with Gasteiger partial charge in [-0.05, 0) is 36.8 Å². The van der Waals surface area contributed by atoms with E-state index in [4.69, 9.17) is 14.5 Å². The Kier molecular flexibility index (Phi) is 6.14. The van der Waals surface area contributed by atoms with Gasteiger partial charge in [-0.3, -0.25) is 15.1 Å². The minimum Gasteiger partial charge on any atom is -0.465 e. The average Bonchev–Trinajstić information content (AvgIpc) is 3.25. The summed E-state index contributed by atoms with van der Waals surface area (Å²) in [7, 11) is 0. The number of benzene rings is 1. The van der Waals surface area contributed by atoms with Crippen LogP contribution < -0.4 is 15.9 Å². The van der Waals surface area contributed by atoms with Crippen molar-refractivity contribution in [3.63, 3.8) is 0 Å². The molecule has 1 aromatic carbocycles. The summed E-state index contributed by atoms with van der Waals surface area (Å²) in [6, 6.07) is 11.4. The van der Waals surface area contributed by atoms with Crippen LogP contribution in [0.4, 0.5) is 0 Å². The number of fused-ring (bicyclic) bond motifs is 2. The summed E-state index contributed by atoms with van der Waals surface area (Å²) in [5, 5.41) is 11.6. The molecule has 3 heterocycles. The van der Waals surface area contributed by atoms with E-state index in [-0.39, 0.29) is 5.91 Å². The molecule has 0 saturated carbocycles. The molecule has 1 atom stereocenters. The van der Waals surface area contributed by atoms with Gasteiger partial charge in [0, 0.05) is 11.0 Å². The first kappa shape index (κ1) is 19.5. The highest BCUT2D eigenvalue weighted by Gasteiger charge is 2.32. The first-order chi connectivity index (χ1) is 14.3. The second kappa shape index (κ2) is 9.13. The third kappa shape index (κ3) is 4.45. The largest absolute Gasteiger partial charge is 0.465 e.